The van der Waals surface area contributed by atoms with Gasteiger partial charge >= 0.3 is 0 Å². The highest BCUT2D eigenvalue weighted by Gasteiger charge is 2.33. The zero-order valence-electron chi connectivity index (χ0n) is 25.8. The second-order valence-electron chi connectivity index (χ2n) is 11.1. The van der Waals surface area contributed by atoms with Crippen LogP contribution >= 0.6 is 23.1 Å². The lowest BCUT2D eigenvalue weighted by Gasteiger charge is -2.22. The summed E-state index contributed by atoms with van der Waals surface area (Å²) in [5, 5.41) is 20.8. The van der Waals surface area contributed by atoms with E-state index < -0.39 is 0 Å². The number of carbonyl (C=O) groups is 2. The van der Waals surface area contributed by atoms with Crippen molar-refractivity contribution in [2.75, 3.05) is 12.4 Å². The number of thioether (sulfide) groups is 1. The fraction of sp³-hybridized carbons (Fsp3) is 0.229. The second kappa shape index (κ2) is 14.1. The second-order valence-corrected chi connectivity index (χ2v) is 13.0. The molecule has 6 rings (SSSR count). The largest absolute Gasteiger partial charge is 0.484 e. The Morgan fingerprint density at radius 2 is 1.74 bits per heavy atom. The van der Waals surface area contributed by atoms with E-state index in [0.29, 0.717) is 23.2 Å². The number of ether oxygens (including phenoxy) is 1. The van der Waals surface area contributed by atoms with Crippen molar-refractivity contribution in [1.29, 1.82) is 0 Å². The maximum absolute atomic E-state index is 13.8. The molecule has 2 aromatic heterocycles. The molecule has 1 aliphatic heterocycles. The van der Waals surface area contributed by atoms with Crippen LogP contribution in [0.3, 0.4) is 0 Å². The van der Waals surface area contributed by atoms with E-state index in [1.54, 1.807) is 28.5 Å². The van der Waals surface area contributed by atoms with Gasteiger partial charge in [0.1, 0.15) is 5.75 Å². The predicted molar refractivity (Wildman–Crippen MR) is 182 cm³/mol. The maximum Gasteiger partial charge on any atom is 0.258 e. The van der Waals surface area contributed by atoms with Gasteiger partial charge in [0.25, 0.3) is 11.8 Å². The Hall–Kier alpha value is -4.74. The molecule has 3 heterocycles. The Labute approximate surface area is 276 Å². The smallest absolute Gasteiger partial charge is 0.258 e. The first-order valence-electron chi connectivity index (χ1n) is 14.9. The number of hydrogen-bond donors (Lipinski definition) is 1. The van der Waals surface area contributed by atoms with Crippen molar-refractivity contribution >= 4 is 40.6 Å². The molecule has 0 radical (unpaired) electrons. The number of thiophene rings is 1. The number of aryl methyl sites for hydroxylation is 3. The standard InChI is InChI=1S/C35H34N6O3S2/c1-23-12-15-26(16-13-23)30-19-28(31-10-7-17-45-31)39-41(30)34(43)22-46-35-38-37-32(40(35)29-18-24(2)11-14-25(29)3)20-36-33(42)21-44-27-8-5-4-6-9-27/h4-18,30H,19-22H2,1-3H3,(H,36,42)/t30-/m1/s1. The van der Waals surface area contributed by atoms with Crippen LogP contribution in [0.15, 0.2) is 101 Å². The molecule has 0 spiro atoms. The van der Waals surface area contributed by atoms with Crippen molar-refractivity contribution in [1.82, 2.24) is 25.1 Å². The summed E-state index contributed by atoms with van der Waals surface area (Å²) in [6.45, 7) is 6.11. The molecule has 1 N–H and O–H groups in total. The van der Waals surface area contributed by atoms with E-state index in [1.807, 2.05) is 66.3 Å². The van der Waals surface area contributed by atoms with E-state index in [1.165, 1.54) is 11.8 Å². The Balaban J connectivity index is 1.21. The minimum Gasteiger partial charge on any atom is -0.484 e. The Kier molecular flexibility index (Phi) is 9.60. The minimum atomic E-state index is -0.278. The third kappa shape index (κ3) is 7.21. The number of hydrogen-bond acceptors (Lipinski definition) is 8. The summed E-state index contributed by atoms with van der Waals surface area (Å²) in [5.74, 6) is 0.886. The van der Waals surface area contributed by atoms with Crippen molar-refractivity contribution in [3.05, 3.63) is 123 Å². The van der Waals surface area contributed by atoms with E-state index in [-0.39, 0.29) is 36.8 Å². The fourth-order valence-corrected chi connectivity index (χ4v) is 6.71. The third-order valence-corrected chi connectivity index (χ3v) is 9.45. The molecule has 0 saturated heterocycles. The van der Waals surface area contributed by atoms with Gasteiger partial charge in [0.05, 0.1) is 34.6 Å². The lowest BCUT2D eigenvalue weighted by Crippen LogP contribution is -2.29. The summed E-state index contributed by atoms with van der Waals surface area (Å²) in [4.78, 5) is 27.5. The Morgan fingerprint density at radius 3 is 2.50 bits per heavy atom. The van der Waals surface area contributed by atoms with Gasteiger partial charge in [0, 0.05) is 6.42 Å². The summed E-state index contributed by atoms with van der Waals surface area (Å²) in [5.41, 5.74) is 6.10. The van der Waals surface area contributed by atoms with Gasteiger partial charge in [0.2, 0.25) is 0 Å². The van der Waals surface area contributed by atoms with Gasteiger partial charge in [-0.25, -0.2) is 5.01 Å². The summed E-state index contributed by atoms with van der Waals surface area (Å²) < 4.78 is 7.51. The number of rotatable bonds is 11. The van der Waals surface area contributed by atoms with Crippen LogP contribution in [-0.2, 0) is 16.1 Å². The predicted octanol–water partition coefficient (Wildman–Crippen LogP) is 6.42. The molecule has 2 amide bonds. The van der Waals surface area contributed by atoms with Crippen molar-refractivity contribution in [3.63, 3.8) is 0 Å². The van der Waals surface area contributed by atoms with Gasteiger partial charge in [-0.05, 0) is 67.1 Å². The lowest BCUT2D eigenvalue weighted by atomic mass is 10.00. The molecule has 0 saturated carbocycles. The van der Waals surface area contributed by atoms with Crippen LogP contribution in [0.5, 0.6) is 5.75 Å². The number of aromatic nitrogens is 3. The van der Waals surface area contributed by atoms with Crippen molar-refractivity contribution in [2.24, 2.45) is 5.10 Å². The number of nitrogens with one attached hydrogen (secondary N) is 1. The fourth-order valence-electron chi connectivity index (χ4n) is 5.18. The van der Waals surface area contributed by atoms with Crippen LogP contribution in [0, 0.1) is 20.8 Å². The summed E-state index contributed by atoms with van der Waals surface area (Å²) >= 11 is 2.93. The first kappa shape index (κ1) is 31.3. The van der Waals surface area contributed by atoms with Gasteiger partial charge in [0.15, 0.2) is 17.6 Å². The van der Waals surface area contributed by atoms with Crippen LogP contribution in [0.2, 0.25) is 0 Å². The number of hydrazone groups is 1. The average Bonchev–Trinajstić information content (AvgIpc) is 3.84. The van der Waals surface area contributed by atoms with Crippen LogP contribution in [0.25, 0.3) is 5.69 Å². The van der Waals surface area contributed by atoms with Crippen LogP contribution in [0.1, 0.15) is 45.4 Å². The first-order chi connectivity index (χ1) is 22.4. The van der Waals surface area contributed by atoms with Crippen molar-refractivity contribution in [2.45, 2.75) is 44.9 Å². The molecule has 46 heavy (non-hydrogen) atoms. The van der Waals surface area contributed by atoms with Gasteiger partial charge < -0.3 is 10.1 Å². The molecule has 0 fully saturated rings. The van der Waals surface area contributed by atoms with E-state index in [0.717, 1.165) is 38.5 Å². The molecule has 0 aliphatic carbocycles. The minimum absolute atomic E-state index is 0.115. The zero-order valence-corrected chi connectivity index (χ0v) is 27.5. The quantitative estimate of drug-likeness (QED) is 0.166. The Morgan fingerprint density at radius 1 is 0.957 bits per heavy atom. The van der Waals surface area contributed by atoms with E-state index in [4.69, 9.17) is 9.84 Å². The summed E-state index contributed by atoms with van der Waals surface area (Å²) in [7, 11) is 0. The molecule has 11 heteroatoms. The van der Waals surface area contributed by atoms with Gasteiger partial charge in [-0.2, -0.15) is 5.10 Å². The third-order valence-electron chi connectivity index (χ3n) is 7.62. The molecule has 234 valence electrons. The molecular weight excluding hydrogens is 617 g/mol. The lowest BCUT2D eigenvalue weighted by molar-refractivity contribution is -0.130. The molecule has 0 bridgehead atoms. The number of carbonyl (C=O) groups excluding carboxylic acids is 2. The van der Waals surface area contributed by atoms with E-state index in [9.17, 15) is 9.59 Å². The SMILES string of the molecule is Cc1ccc([C@H]2CC(c3cccs3)=NN2C(=O)CSc2nnc(CNC(=O)COc3ccccc3)n2-c2cc(C)ccc2C)cc1. The molecule has 3 aromatic carbocycles. The molecule has 1 atom stereocenters. The number of para-hydroxylation sites is 1. The van der Waals surface area contributed by atoms with Gasteiger partial charge in [-0.15, -0.1) is 21.5 Å². The topological polar surface area (TPSA) is 102 Å². The highest BCUT2D eigenvalue weighted by atomic mass is 32.2. The molecule has 9 nitrogen and oxygen atoms in total. The zero-order chi connectivity index (χ0) is 32.0. The monoisotopic (exact) mass is 650 g/mol. The van der Waals surface area contributed by atoms with E-state index in [2.05, 4.69) is 52.8 Å². The molecular formula is C35H34N6O3S2. The molecule has 0 unspecified atom stereocenters. The van der Waals surface area contributed by atoms with Crippen LogP contribution < -0.4 is 10.1 Å². The van der Waals surface area contributed by atoms with Gasteiger partial charge in [-0.1, -0.05) is 78.0 Å². The summed E-state index contributed by atoms with van der Waals surface area (Å²) in [6.07, 6.45) is 0.649. The molecule has 5 aromatic rings. The number of benzene rings is 3. The molecule has 1 aliphatic rings. The maximum atomic E-state index is 13.8. The summed E-state index contributed by atoms with van der Waals surface area (Å²) in [6, 6.07) is 27.5. The number of nitrogens with zero attached hydrogens (tertiary/aromatic N) is 5. The van der Waals surface area contributed by atoms with E-state index >= 15 is 0 Å². The normalized spacial score (nSPS) is 14.3. The first-order valence-corrected chi connectivity index (χ1v) is 16.8. The Bertz CT molecular complexity index is 1850. The number of amides is 2. The van der Waals surface area contributed by atoms with Crippen molar-refractivity contribution in [3.8, 4) is 11.4 Å². The average molecular weight is 651 g/mol. The highest BCUT2D eigenvalue weighted by molar-refractivity contribution is 7.99. The van der Waals surface area contributed by atoms with Crippen LogP contribution in [-0.4, -0.2) is 49.7 Å². The van der Waals surface area contributed by atoms with Crippen molar-refractivity contribution < 1.29 is 14.3 Å². The van der Waals surface area contributed by atoms with Crippen LogP contribution in [0.4, 0.5) is 0 Å². The van der Waals surface area contributed by atoms with Gasteiger partial charge in [-0.3, -0.25) is 14.2 Å². The highest BCUT2D eigenvalue weighted by Crippen LogP contribution is 2.35.